The number of carbonyl (C=O) groups excluding carboxylic acids is 7. The number of aliphatic hydroxyl groups excluding tert-OH is 1. The van der Waals surface area contributed by atoms with E-state index in [4.69, 9.17) is 24.4 Å². The number of ketones is 2. The fraction of sp³-hybridized carbons (Fsp3) is 0.569. The van der Waals surface area contributed by atoms with Crippen LogP contribution in [0.25, 0.3) is 0 Å². The van der Waals surface area contributed by atoms with E-state index in [9.17, 15) is 54.1 Å². The number of aromatic hydroxyl groups is 2. The molecule has 0 bridgehead atoms. The van der Waals surface area contributed by atoms with Crippen LogP contribution in [0.5, 0.6) is 17.2 Å². The summed E-state index contributed by atoms with van der Waals surface area (Å²) in [5.41, 5.74) is -0.270. The lowest BCUT2D eigenvalue weighted by Gasteiger charge is -2.43. The molecule has 3 aliphatic heterocycles. The number of phenolic OH excluding ortho intramolecular Hbond substituents is 2. The van der Waals surface area contributed by atoms with Crippen molar-refractivity contribution in [3.8, 4) is 23.3 Å². The van der Waals surface area contributed by atoms with Gasteiger partial charge in [-0.1, -0.05) is 66.7 Å². The third-order valence-corrected chi connectivity index (χ3v) is 13.9. The van der Waals surface area contributed by atoms with Crippen LogP contribution < -0.4 is 26.0 Å². The first-order chi connectivity index (χ1) is 38.1. The molecule has 6 unspecified atom stereocenters. The van der Waals surface area contributed by atoms with Gasteiger partial charge in [-0.15, -0.1) is 0 Å². The number of carbonyl (C=O) groups is 7. The largest absolute Gasteiger partial charge is 0.507 e. The monoisotopic (exact) mass is 1110 g/mol. The lowest BCUT2D eigenvalue weighted by molar-refractivity contribution is -0.190. The van der Waals surface area contributed by atoms with E-state index in [1.165, 1.54) is 38.3 Å². The minimum atomic E-state index is -0.987. The van der Waals surface area contributed by atoms with E-state index < -0.39 is 64.7 Å². The third kappa shape index (κ3) is 16.8. The van der Waals surface area contributed by atoms with Crippen LogP contribution >= 0.6 is 0 Å². The van der Waals surface area contributed by atoms with E-state index in [-0.39, 0.29) is 114 Å². The molecule has 22 heteroatoms. The van der Waals surface area contributed by atoms with E-state index in [0.29, 0.717) is 37.3 Å². The number of hydrogen-bond acceptors (Lipinski definition) is 17. The van der Waals surface area contributed by atoms with Crippen molar-refractivity contribution in [3.05, 3.63) is 75.4 Å². The minimum absolute atomic E-state index is 0.0180. The molecule has 3 fully saturated rings. The normalized spacial score (nSPS) is 21.1. The number of likely N-dealkylation sites (tertiary alicyclic amines) is 1. The molecule has 2 aliphatic carbocycles. The van der Waals surface area contributed by atoms with E-state index in [1.54, 1.807) is 24.2 Å². The van der Waals surface area contributed by atoms with Gasteiger partial charge < -0.3 is 60.4 Å². The van der Waals surface area contributed by atoms with Crippen molar-refractivity contribution >= 4 is 46.8 Å². The summed E-state index contributed by atoms with van der Waals surface area (Å²) in [5.74, 6) is -5.00. The summed E-state index contributed by atoms with van der Waals surface area (Å²) in [6.07, 6.45) is 4.92. The van der Waals surface area contributed by atoms with Gasteiger partial charge in [-0.3, -0.25) is 43.9 Å². The number of fused-ring (bicyclic) bond motifs is 3. The maximum atomic E-state index is 13.5. The Bertz CT molecular complexity index is 2690. The number of allylic oxidation sites excluding steroid dienone is 3. The maximum Gasteiger partial charge on any atom is 0.269 e. The molecule has 5 aliphatic rings. The van der Waals surface area contributed by atoms with Crippen molar-refractivity contribution in [2.75, 3.05) is 73.2 Å². The molecule has 80 heavy (non-hydrogen) atoms. The Morgan fingerprint density at radius 2 is 1.57 bits per heavy atom. The van der Waals surface area contributed by atoms with E-state index in [2.05, 4.69) is 26.2 Å². The Morgan fingerprint density at radius 3 is 2.23 bits per heavy atom. The van der Waals surface area contributed by atoms with Crippen LogP contribution in [-0.4, -0.2) is 176 Å². The van der Waals surface area contributed by atoms with Crippen LogP contribution in [0.15, 0.2) is 42.0 Å². The number of nitrogens with zero attached hydrogens (tertiary/aromatic N) is 3. The van der Waals surface area contributed by atoms with Crippen LogP contribution in [0.2, 0.25) is 0 Å². The van der Waals surface area contributed by atoms with Gasteiger partial charge in [0.1, 0.15) is 29.0 Å². The van der Waals surface area contributed by atoms with Gasteiger partial charge in [0.25, 0.3) is 5.91 Å². The number of amides is 5. The molecule has 8 N–H and O–H groups in total. The lowest BCUT2D eigenvalue weighted by atomic mass is 9.75. The first-order valence-corrected chi connectivity index (χ1v) is 27.4. The molecule has 5 amide bonds. The number of rotatable bonds is 16. The van der Waals surface area contributed by atoms with Crippen molar-refractivity contribution in [2.45, 2.75) is 125 Å². The summed E-state index contributed by atoms with van der Waals surface area (Å²) in [7, 11) is 3.02. The first kappa shape index (κ1) is 65.5. The number of methoxy groups -OCH3 is 2. The summed E-state index contributed by atoms with van der Waals surface area (Å²) < 4.78 is 21.3. The van der Waals surface area contributed by atoms with Crippen LogP contribution in [0.3, 0.4) is 0 Å². The molecule has 0 radical (unpaired) electrons. The summed E-state index contributed by atoms with van der Waals surface area (Å²) in [6, 6.07) is 5.73. The smallest absolute Gasteiger partial charge is 0.269 e. The highest BCUT2D eigenvalue weighted by atomic mass is 16.7. The van der Waals surface area contributed by atoms with Gasteiger partial charge in [-0.25, -0.2) is 0 Å². The van der Waals surface area contributed by atoms with Crippen LogP contribution in [-0.2, 0) is 51.0 Å². The molecule has 22 nitrogen and oxygen atoms in total. The second-order valence-corrected chi connectivity index (χ2v) is 20.6. The number of nitriles is 1. The fourth-order valence-electron chi connectivity index (χ4n) is 9.83. The second-order valence-electron chi connectivity index (χ2n) is 20.6. The molecule has 0 aromatic heterocycles. The van der Waals surface area contributed by atoms with E-state index >= 15 is 0 Å². The number of benzene rings is 2. The SMILES string of the molecule is CC.CC.COC1CN(C2CCOC(C)C2O)CCO1.COc1cccc2c1C(=O)c1c(O)c3c(c(O)c1C2=O)CC(C(=O)N1CC(CNC(=O)CNC(=O)C(C)NC(=O)CCNC(=O)C(=N)/C=C\C(C#N)=C\C(C)(C)C)C1)CC3. The van der Waals surface area contributed by atoms with Gasteiger partial charge in [0, 0.05) is 99.5 Å². The zero-order valence-electron chi connectivity index (χ0n) is 48.1. The average molecular weight is 1120 g/mol. The van der Waals surface area contributed by atoms with Crippen LogP contribution in [0.4, 0.5) is 0 Å². The second kappa shape index (κ2) is 30.5. The number of hydrogen-bond donors (Lipinski definition) is 8. The van der Waals surface area contributed by atoms with Gasteiger partial charge >= 0.3 is 0 Å². The van der Waals surface area contributed by atoms with Crippen molar-refractivity contribution < 1.29 is 67.8 Å². The maximum absolute atomic E-state index is 13.5. The molecule has 6 atom stereocenters. The zero-order valence-corrected chi connectivity index (χ0v) is 48.1. The van der Waals surface area contributed by atoms with Crippen molar-refractivity contribution in [2.24, 2.45) is 17.3 Å². The standard InChI is InChI=1S/C43H49N7O10.C11H21NO4.2C2H6/c1-22(49-31(51)13-14-46-41(58)29(45)12-9-23(17-44)16-43(2,3)4)40(57)48-19-32(52)47-18-24-20-50(21-24)42(59)25-10-11-26-28(15-25)38(55)34-35(36(26)53)39(56)33-27(37(34)54)7-6-8-30(33)60-5;1-8-11(13)9(3-5-15-8)12-4-6-16-10(7-12)14-2;2*1-2/h6-9,12,16,22,24-25,45,53,55H,10-11,13-15,18-21H2,1-5H3,(H,46,58)(H,47,52)(H,48,57)(H,49,51);8-11,13H,3-7H2,1-2H3;2*1-2H3/b12-9-,23-16-,45-29?;;;. The molecular formula is C58H82N8O14. The van der Waals surface area contributed by atoms with Crippen LogP contribution in [0.1, 0.15) is 125 Å². The Hall–Kier alpha value is -7.03. The number of nitrogens with one attached hydrogen (secondary N) is 5. The van der Waals surface area contributed by atoms with Gasteiger partial charge in [-0.05, 0) is 63.2 Å². The predicted octanol–water partition coefficient (Wildman–Crippen LogP) is 3.64. The molecular weight excluding hydrogens is 1030 g/mol. The molecule has 0 saturated carbocycles. The van der Waals surface area contributed by atoms with Gasteiger partial charge in [0.05, 0.1) is 55.2 Å². The fourth-order valence-corrected chi connectivity index (χ4v) is 9.83. The lowest BCUT2D eigenvalue weighted by Crippen LogP contribution is -2.57. The highest BCUT2D eigenvalue weighted by Crippen LogP contribution is 2.48. The van der Waals surface area contributed by atoms with Crippen molar-refractivity contribution in [1.29, 1.82) is 10.7 Å². The quantitative estimate of drug-likeness (QED) is 0.0439. The van der Waals surface area contributed by atoms with E-state index in [1.807, 2.05) is 61.5 Å². The molecule has 3 saturated heterocycles. The summed E-state index contributed by atoms with van der Waals surface area (Å²) in [4.78, 5) is 93.9. The molecule has 2 aromatic rings. The van der Waals surface area contributed by atoms with Crippen LogP contribution in [0, 0.1) is 34.0 Å². The summed E-state index contributed by atoms with van der Waals surface area (Å²) in [5, 5.41) is 59.9. The third-order valence-electron chi connectivity index (χ3n) is 13.9. The average Bonchev–Trinajstić information content (AvgIpc) is 3.53. The summed E-state index contributed by atoms with van der Waals surface area (Å²) >= 11 is 0. The Balaban J connectivity index is 0.000000580. The first-order valence-electron chi connectivity index (χ1n) is 27.4. The molecule has 3 heterocycles. The Kier molecular flexibility index (Phi) is 25.0. The van der Waals surface area contributed by atoms with E-state index in [0.717, 1.165) is 26.1 Å². The highest BCUT2D eigenvalue weighted by molar-refractivity contribution is 6.42. The highest BCUT2D eigenvalue weighted by Gasteiger charge is 2.43. The van der Waals surface area contributed by atoms with Gasteiger partial charge in [0.15, 0.2) is 12.1 Å². The minimum Gasteiger partial charge on any atom is -0.507 e. The number of ether oxygens (including phenoxy) is 4. The van der Waals surface area contributed by atoms with Crippen molar-refractivity contribution in [3.63, 3.8) is 0 Å². The number of morpholine rings is 1. The topological polar surface area (TPSA) is 319 Å². The summed E-state index contributed by atoms with van der Waals surface area (Å²) in [6.45, 7) is 20.6. The molecule has 2 aromatic carbocycles. The van der Waals surface area contributed by atoms with Gasteiger partial charge in [0.2, 0.25) is 29.4 Å². The number of aliphatic hydroxyl groups is 1. The Labute approximate surface area is 469 Å². The Morgan fingerprint density at radius 1 is 0.900 bits per heavy atom. The van der Waals surface area contributed by atoms with Gasteiger partial charge in [-0.2, -0.15) is 5.26 Å². The zero-order chi connectivity index (χ0) is 59.6. The van der Waals surface area contributed by atoms with Crippen molar-refractivity contribution in [1.82, 2.24) is 31.1 Å². The predicted molar refractivity (Wildman–Crippen MR) is 297 cm³/mol. The molecule has 438 valence electrons. The number of phenols is 2. The molecule has 7 rings (SSSR count). The molecule has 0 spiro atoms.